The van der Waals surface area contributed by atoms with Crippen LogP contribution in [0.1, 0.15) is 18.4 Å². The summed E-state index contributed by atoms with van der Waals surface area (Å²) in [4.78, 5) is 32.1. The molecular formula is C22H28FN3O4. The molecule has 0 aliphatic carbocycles. The molecule has 3 heterocycles. The maximum Gasteiger partial charge on any atom is 0.277 e. The third-order valence-electron chi connectivity index (χ3n) is 6.11. The maximum atomic E-state index is 13.5. The summed E-state index contributed by atoms with van der Waals surface area (Å²) in [5.74, 6) is -0.946. The molecule has 2 fully saturated rings. The maximum absolute atomic E-state index is 13.5. The average molecular weight is 417 g/mol. The monoisotopic (exact) mass is 417 g/mol. The Morgan fingerprint density at radius 3 is 2.47 bits per heavy atom. The van der Waals surface area contributed by atoms with Gasteiger partial charge in [-0.25, -0.2) is 4.39 Å². The number of aliphatic hydroxyl groups is 1. The Balaban J connectivity index is 1.61. The predicted molar refractivity (Wildman–Crippen MR) is 109 cm³/mol. The number of rotatable bonds is 6. The molecule has 8 heteroatoms. The van der Waals surface area contributed by atoms with Gasteiger partial charge in [-0.15, -0.1) is 0 Å². The average Bonchev–Trinajstić information content (AvgIpc) is 3.03. The SMILES string of the molecule is O=C1C(c2ccc(F)cc2)=C(N2CCCC(CO)C2)C(=O)N1CCN1CCOCC1. The Labute approximate surface area is 175 Å². The van der Waals surface area contributed by atoms with Crippen LogP contribution in [0.2, 0.25) is 0 Å². The Morgan fingerprint density at radius 2 is 1.77 bits per heavy atom. The first kappa shape index (κ1) is 21.0. The molecule has 0 saturated carbocycles. The predicted octanol–water partition coefficient (Wildman–Crippen LogP) is 0.942. The van der Waals surface area contributed by atoms with E-state index in [1.807, 2.05) is 4.90 Å². The van der Waals surface area contributed by atoms with Crippen molar-refractivity contribution in [2.75, 3.05) is 59.1 Å². The van der Waals surface area contributed by atoms with Crippen LogP contribution in [0, 0.1) is 11.7 Å². The van der Waals surface area contributed by atoms with Gasteiger partial charge >= 0.3 is 0 Å². The van der Waals surface area contributed by atoms with Crippen molar-refractivity contribution in [2.24, 2.45) is 5.92 Å². The minimum Gasteiger partial charge on any atom is -0.396 e. The number of hydrogen-bond donors (Lipinski definition) is 1. The van der Waals surface area contributed by atoms with Crippen molar-refractivity contribution >= 4 is 17.4 Å². The minimum absolute atomic E-state index is 0.0541. The van der Waals surface area contributed by atoms with Gasteiger partial charge in [0.15, 0.2) is 0 Å². The van der Waals surface area contributed by atoms with Gasteiger partial charge in [0.2, 0.25) is 0 Å². The molecule has 1 aromatic rings. The quantitative estimate of drug-likeness (QED) is 0.695. The number of piperidine rings is 1. The van der Waals surface area contributed by atoms with Crippen LogP contribution >= 0.6 is 0 Å². The van der Waals surface area contributed by atoms with Crippen molar-refractivity contribution in [1.29, 1.82) is 0 Å². The fraction of sp³-hybridized carbons (Fsp3) is 0.545. The van der Waals surface area contributed by atoms with Crippen LogP contribution in [0.25, 0.3) is 5.57 Å². The second kappa shape index (κ2) is 9.24. The Hall–Kier alpha value is -2.29. The topological polar surface area (TPSA) is 73.3 Å². The van der Waals surface area contributed by atoms with Crippen LogP contribution in [0.15, 0.2) is 30.0 Å². The fourth-order valence-corrected chi connectivity index (χ4v) is 4.42. The normalized spacial score (nSPS) is 23.6. The largest absolute Gasteiger partial charge is 0.396 e. The number of halogens is 1. The van der Waals surface area contributed by atoms with E-state index in [1.54, 1.807) is 12.1 Å². The Bertz CT molecular complexity index is 820. The molecule has 1 N–H and O–H groups in total. The lowest BCUT2D eigenvalue weighted by molar-refractivity contribution is -0.138. The van der Waals surface area contributed by atoms with Crippen LogP contribution in [0.4, 0.5) is 4.39 Å². The number of amides is 2. The number of benzene rings is 1. The number of likely N-dealkylation sites (tertiary alicyclic amines) is 1. The third kappa shape index (κ3) is 4.26. The highest BCUT2D eigenvalue weighted by Crippen LogP contribution is 2.34. The lowest BCUT2D eigenvalue weighted by Crippen LogP contribution is -2.45. The van der Waals surface area contributed by atoms with E-state index in [-0.39, 0.29) is 30.2 Å². The smallest absolute Gasteiger partial charge is 0.277 e. The van der Waals surface area contributed by atoms with E-state index < -0.39 is 0 Å². The van der Waals surface area contributed by atoms with E-state index >= 15 is 0 Å². The Kier molecular flexibility index (Phi) is 6.46. The van der Waals surface area contributed by atoms with E-state index in [2.05, 4.69) is 4.90 Å². The van der Waals surface area contributed by atoms with Crippen molar-refractivity contribution in [3.8, 4) is 0 Å². The van der Waals surface area contributed by atoms with Gasteiger partial charge in [0, 0.05) is 45.9 Å². The van der Waals surface area contributed by atoms with Gasteiger partial charge in [-0.1, -0.05) is 12.1 Å². The molecule has 7 nitrogen and oxygen atoms in total. The van der Waals surface area contributed by atoms with Gasteiger partial charge in [0.1, 0.15) is 11.5 Å². The van der Waals surface area contributed by atoms with Gasteiger partial charge in [0.25, 0.3) is 11.8 Å². The van der Waals surface area contributed by atoms with Crippen LogP contribution in [-0.2, 0) is 14.3 Å². The number of carbonyl (C=O) groups excluding carboxylic acids is 2. The molecule has 2 amide bonds. The highest BCUT2D eigenvalue weighted by atomic mass is 19.1. The molecule has 30 heavy (non-hydrogen) atoms. The van der Waals surface area contributed by atoms with Crippen molar-refractivity contribution in [3.63, 3.8) is 0 Å². The van der Waals surface area contributed by atoms with Crippen LogP contribution < -0.4 is 0 Å². The molecule has 2 saturated heterocycles. The number of nitrogens with zero attached hydrogens (tertiary/aromatic N) is 3. The molecule has 3 aliphatic heterocycles. The zero-order valence-electron chi connectivity index (χ0n) is 17.1. The molecule has 0 spiro atoms. The second-order valence-electron chi connectivity index (χ2n) is 8.08. The van der Waals surface area contributed by atoms with Gasteiger partial charge < -0.3 is 14.7 Å². The summed E-state index contributed by atoms with van der Waals surface area (Å²) in [6.45, 7) is 5.04. The summed E-state index contributed by atoms with van der Waals surface area (Å²) in [6.07, 6.45) is 1.75. The zero-order chi connectivity index (χ0) is 21.1. The Morgan fingerprint density at radius 1 is 1.03 bits per heavy atom. The van der Waals surface area contributed by atoms with E-state index in [0.29, 0.717) is 56.2 Å². The van der Waals surface area contributed by atoms with E-state index in [1.165, 1.54) is 17.0 Å². The van der Waals surface area contributed by atoms with Crippen molar-refractivity contribution in [3.05, 3.63) is 41.3 Å². The minimum atomic E-state index is -0.389. The van der Waals surface area contributed by atoms with Gasteiger partial charge in [-0.05, 0) is 36.5 Å². The lowest BCUT2D eigenvalue weighted by atomic mass is 9.97. The van der Waals surface area contributed by atoms with E-state index in [0.717, 1.165) is 25.9 Å². The molecule has 1 atom stereocenters. The standard InChI is InChI=1S/C22H28FN3O4/c23-18-5-3-17(4-6-18)19-20(25-7-1-2-16(14-25)15-27)22(29)26(21(19)28)9-8-24-10-12-30-13-11-24/h3-6,16,27H,1-2,7-15H2. The number of aliphatic hydroxyl groups excluding tert-OH is 1. The molecule has 0 radical (unpaired) electrons. The molecule has 1 aromatic carbocycles. The number of hydrogen-bond acceptors (Lipinski definition) is 6. The van der Waals surface area contributed by atoms with E-state index in [9.17, 15) is 19.1 Å². The zero-order valence-corrected chi connectivity index (χ0v) is 17.1. The summed E-state index contributed by atoms with van der Waals surface area (Å²) in [5.41, 5.74) is 1.26. The highest BCUT2D eigenvalue weighted by Gasteiger charge is 2.42. The summed E-state index contributed by atoms with van der Waals surface area (Å²) >= 11 is 0. The van der Waals surface area contributed by atoms with Crippen molar-refractivity contribution in [1.82, 2.24) is 14.7 Å². The summed E-state index contributed by atoms with van der Waals surface area (Å²) in [6, 6.07) is 5.71. The van der Waals surface area contributed by atoms with E-state index in [4.69, 9.17) is 4.74 Å². The molecule has 3 aliphatic rings. The van der Waals surface area contributed by atoms with Crippen molar-refractivity contribution in [2.45, 2.75) is 12.8 Å². The van der Waals surface area contributed by atoms with Gasteiger partial charge in [0.05, 0.1) is 18.8 Å². The van der Waals surface area contributed by atoms with Gasteiger partial charge in [-0.2, -0.15) is 0 Å². The fourth-order valence-electron chi connectivity index (χ4n) is 4.42. The first-order valence-electron chi connectivity index (χ1n) is 10.6. The molecule has 0 bridgehead atoms. The van der Waals surface area contributed by atoms with Crippen molar-refractivity contribution < 1.29 is 23.8 Å². The molecule has 4 rings (SSSR count). The highest BCUT2D eigenvalue weighted by molar-refractivity contribution is 6.35. The van der Waals surface area contributed by atoms with Crippen LogP contribution in [0.3, 0.4) is 0 Å². The van der Waals surface area contributed by atoms with Crippen LogP contribution in [0.5, 0.6) is 0 Å². The number of imide groups is 1. The number of ether oxygens (including phenoxy) is 1. The molecule has 1 unspecified atom stereocenters. The number of carbonyl (C=O) groups is 2. The summed E-state index contributed by atoms with van der Waals surface area (Å²) in [5, 5.41) is 9.60. The first-order valence-corrected chi connectivity index (χ1v) is 10.6. The van der Waals surface area contributed by atoms with Gasteiger partial charge in [-0.3, -0.25) is 19.4 Å². The van der Waals surface area contributed by atoms with Crippen LogP contribution in [-0.4, -0.2) is 90.7 Å². The molecule has 162 valence electrons. The lowest BCUT2D eigenvalue weighted by Gasteiger charge is -2.34. The summed E-state index contributed by atoms with van der Waals surface area (Å²) in [7, 11) is 0. The molecule has 0 aromatic heterocycles. The third-order valence-corrected chi connectivity index (χ3v) is 6.11. The first-order chi connectivity index (χ1) is 14.6. The summed E-state index contributed by atoms with van der Waals surface area (Å²) < 4.78 is 18.8. The second-order valence-corrected chi connectivity index (χ2v) is 8.08. The number of morpholine rings is 1. The molecular weight excluding hydrogens is 389 g/mol.